The van der Waals surface area contributed by atoms with Crippen LogP contribution < -0.4 is 14.8 Å². The van der Waals surface area contributed by atoms with Crippen molar-refractivity contribution in [3.8, 4) is 11.5 Å². The van der Waals surface area contributed by atoms with Crippen molar-refractivity contribution in [3.05, 3.63) is 58.6 Å². The summed E-state index contributed by atoms with van der Waals surface area (Å²) in [6, 6.07) is 12.7. The highest BCUT2D eigenvalue weighted by molar-refractivity contribution is 6.31. The Bertz CT molecular complexity index is 749. The van der Waals surface area contributed by atoms with Gasteiger partial charge in [0.15, 0.2) is 11.5 Å². The van der Waals surface area contributed by atoms with E-state index in [1.54, 1.807) is 19.2 Å². The minimum absolute atomic E-state index is 0.275. The van der Waals surface area contributed by atoms with Crippen molar-refractivity contribution in [1.82, 2.24) is 5.32 Å². The van der Waals surface area contributed by atoms with Crippen LogP contribution in [0.25, 0.3) is 0 Å². The molecule has 2 aromatic carbocycles. The number of ether oxygens (including phenoxy) is 2. The first-order valence-corrected chi connectivity index (χ1v) is 9.27. The molecule has 0 fully saturated rings. The Morgan fingerprint density at radius 2 is 1.89 bits per heavy atom. The Labute approximate surface area is 165 Å². The van der Waals surface area contributed by atoms with Gasteiger partial charge in [-0.1, -0.05) is 55.8 Å². The third-order valence-electron chi connectivity index (χ3n) is 4.11. The molecular weight excluding hydrogens is 366 g/mol. The van der Waals surface area contributed by atoms with Crippen LogP contribution in [0.3, 0.4) is 0 Å². The number of carbonyl (C=O) groups is 1. The van der Waals surface area contributed by atoms with Gasteiger partial charge in [-0.2, -0.15) is 0 Å². The first-order valence-electron chi connectivity index (χ1n) is 8.90. The highest BCUT2D eigenvalue weighted by atomic mass is 35.5. The van der Waals surface area contributed by atoms with Crippen LogP contribution in [0.2, 0.25) is 5.02 Å². The number of hydrogen-bond donors (Lipinski definition) is 2. The van der Waals surface area contributed by atoms with Gasteiger partial charge in [-0.05, 0) is 29.5 Å². The molecule has 2 aromatic rings. The third kappa shape index (κ3) is 6.45. The summed E-state index contributed by atoms with van der Waals surface area (Å²) in [5, 5.41) is 12.9. The van der Waals surface area contributed by atoms with E-state index < -0.39 is 12.0 Å². The van der Waals surface area contributed by atoms with Crippen molar-refractivity contribution in [2.75, 3.05) is 7.11 Å². The molecule has 0 spiro atoms. The minimum atomic E-state index is -0.866. The summed E-state index contributed by atoms with van der Waals surface area (Å²) in [6.07, 6.45) is 0.544. The zero-order valence-corrected chi connectivity index (χ0v) is 16.6. The Balaban J connectivity index is 2.09. The number of benzene rings is 2. The summed E-state index contributed by atoms with van der Waals surface area (Å²) in [5.74, 6) is 0.516. The van der Waals surface area contributed by atoms with Gasteiger partial charge in [0.2, 0.25) is 0 Å². The number of methoxy groups -OCH3 is 1. The quantitative estimate of drug-likeness (QED) is 0.623. The molecule has 0 radical (unpaired) electrons. The fraction of sp³-hybridized carbons (Fsp3) is 0.381. The van der Waals surface area contributed by atoms with Crippen LogP contribution in [0, 0.1) is 5.92 Å². The lowest BCUT2D eigenvalue weighted by atomic mass is 10.0. The summed E-state index contributed by atoms with van der Waals surface area (Å²) in [6.45, 7) is 4.72. The molecule has 2 rings (SSSR count). The molecule has 146 valence electrons. The SMILES string of the molecule is COc1cc(CNC(CC(C)C)C(=O)O)c(Cl)cc1OCc1ccccc1. The molecule has 0 bridgehead atoms. The highest BCUT2D eigenvalue weighted by Gasteiger charge is 2.19. The average molecular weight is 392 g/mol. The molecule has 1 atom stereocenters. The number of hydrogen-bond acceptors (Lipinski definition) is 4. The zero-order chi connectivity index (χ0) is 19.8. The van der Waals surface area contributed by atoms with Gasteiger partial charge in [0.05, 0.1) is 7.11 Å². The van der Waals surface area contributed by atoms with E-state index in [1.165, 1.54) is 0 Å². The van der Waals surface area contributed by atoms with E-state index in [9.17, 15) is 9.90 Å². The van der Waals surface area contributed by atoms with E-state index in [2.05, 4.69) is 5.32 Å². The van der Waals surface area contributed by atoms with Gasteiger partial charge in [0, 0.05) is 17.6 Å². The standard InChI is InChI=1S/C21H26ClNO4/c1-14(2)9-18(21(24)25)23-12-16-10-19(26-3)20(11-17(16)22)27-13-15-7-5-4-6-8-15/h4-8,10-11,14,18,23H,9,12-13H2,1-3H3,(H,24,25). The summed E-state index contributed by atoms with van der Waals surface area (Å²) in [4.78, 5) is 11.4. The summed E-state index contributed by atoms with van der Waals surface area (Å²) >= 11 is 6.39. The van der Waals surface area contributed by atoms with Gasteiger partial charge in [-0.25, -0.2) is 0 Å². The monoisotopic (exact) mass is 391 g/mol. The maximum Gasteiger partial charge on any atom is 0.320 e. The maximum atomic E-state index is 11.4. The Hall–Kier alpha value is -2.24. The van der Waals surface area contributed by atoms with Crippen molar-refractivity contribution in [2.45, 2.75) is 39.5 Å². The number of carboxylic acids is 1. The van der Waals surface area contributed by atoms with Gasteiger partial charge in [-0.15, -0.1) is 0 Å². The van der Waals surface area contributed by atoms with Gasteiger partial charge in [-0.3, -0.25) is 4.79 Å². The second kappa shape index (κ2) is 10.2. The molecule has 0 saturated heterocycles. The van der Waals surface area contributed by atoms with E-state index in [1.807, 2.05) is 44.2 Å². The van der Waals surface area contributed by atoms with Crippen LogP contribution in [0.15, 0.2) is 42.5 Å². The van der Waals surface area contributed by atoms with E-state index >= 15 is 0 Å². The topological polar surface area (TPSA) is 67.8 Å². The van der Waals surface area contributed by atoms with Crippen molar-refractivity contribution in [2.24, 2.45) is 5.92 Å². The van der Waals surface area contributed by atoms with Crippen molar-refractivity contribution in [1.29, 1.82) is 0 Å². The van der Waals surface area contributed by atoms with E-state index in [-0.39, 0.29) is 5.92 Å². The van der Waals surface area contributed by atoms with E-state index in [4.69, 9.17) is 21.1 Å². The number of nitrogens with one attached hydrogen (secondary N) is 1. The molecule has 0 aliphatic carbocycles. The normalized spacial score (nSPS) is 12.0. The first kappa shape index (κ1) is 21.1. The molecule has 2 N–H and O–H groups in total. The molecule has 0 aliphatic rings. The molecule has 0 heterocycles. The summed E-state index contributed by atoms with van der Waals surface area (Å²) in [7, 11) is 1.56. The molecule has 0 saturated carbocycles. The lowest BCUT2D eigenvalue weighted by Crippen LogP contribution is -2.37. The summed E-state index contributed by atoms with van der Waals surface area (Å²) < 4.78 is 11.3. The first-order chi connectivity index (χ1) is 12.9. The molecule has 1 unspecified atom stereocenters. The van der Waals surface area contributed by atoms with Crippen LogP contribution >= 0.6 is 11.6 Å². The zero-order valence-electron chi connectivity index (χ0n) is 15.9. The summed E-state index contributed by atoms with van der Waals surface area (Å²) in [5.41, 5.74) is 1.80. The van der Waals surface area contributed by atoms with Crippen molar-refractivity contribution < 1.29 is 19.4 Å². The third-order valence-corrected chi connectivity index (χ3v) is 4.47. The van der Waals surface area contributed by atoms with Crippen LogP contribution in [0.4, 0.5) is 0 Å². The minimum Gasteiger partial charge on any atom is -0.493 e. The molecule has 27 heavy (non-hydrogen) atoms. The van der Waals surface area contributed by atoms with Gasteiger partial charge in [0.25, 0.3) is 0 Å². The second-order valence-corrected chi connectivity index (χ2v) is 7.18. The van der Waals surface area contributed by atoms with Crippen LogP contribution in [-0.4, -0.2) is 24.2 Å². The second-order valence-electron chi connectivity index (χ2n) is 6.77. The lowest BCUT2D eigenvalue weighted by Gasteiger charge is -2.18. The molecule has 6 heteroatoms. The van der Waals surface area contributed by atoms with Crippen LogP contribution in [0.1, 0.15) is 31.4 Å². The lowest BCUT2D eigenvalue weighted by molar-refractivity contribution is -0.140. The Morgan fingerprint density at radius 3 is 2.48 bits per heavy atom. The van der Waals surface area contributed by atoms with E-state index in [0.29, 0.717) is 36.1 Å². The number of aliphatic carboxylic acids is 1. The fourth-order valence-electron chi connectivity index (χ4n) is 2.70. The van der Waals surface area contributed by atoms with Crippen LogP contribution in [-0.2, 0) is 17.9 Å². The highest BCUT2D eigenvalue weighted by Crippen LogP contribution is 2.34. The Morgan fingerprint density at radius 1 is 1.19 bits per heavy atom. The average Bonchev–Trinajstić information content (AvgIpc) is 2.64. The number of halogens is 1. The predicted octanol–water partition coefficient (Wildman–Crippen LogP) is 4.52. The predicted molar refractivity (Wildman–Crippen MR) is 106 cm³/mol. The van der Waals surface area contributed by atoms with Crippen LogP contribution in [0.5, 0.6) is 11.5 Å². The molecule has 0 amide bonds. The number of carboxylic acid groups (broad SMARTS) is 1. The van der Waals surface area contributed by atoms with Crippen molar-refractivity contribution in [3.63, 3.8) is 0 Å². The molecular formula is C21H26ClNO4. The van der Waals surface area contributed by atoms with Crippen molar-refractivity contribution >= 4 is 17.6 Å². The maximum absolute atomic E-state index is 11.4. The van der Waals surface area contributed by atoms with E-state index in [0.717, 1.165) is 11.1 Å². The largest absolute Gasteiger partial charge is 0.493 e. The Kier molecular flexibility index (Phi) is 7.95. The molecule has 5 nitrogen and oxygen atoms in total. The fourth-order valence-corrected chi connectivity index (χ4v) is 2.92. The van der Waals surface area contributed by atoms with Gasteiger partial charge >= 0.3 is 5.97 Å². The molecule has 0 aliphatic heterocycles. The smallest absolute Gasteiger partial charge is 0.320 e. The van der Waals surface area contributed by atoms with Gasteiger partial charge < -0.3 is 19.9 Å². The molecule has 0 aromatic heterocycles. The number of rotatable bonds is 10. The van der Waals surface area contributed by atoms with Gasteiger partial charge in [0.1, 0.15) is 12.6 Å².